The van der Waals surface area contributed by atoms with Crippen LogP contribution in [0.15, 0.2) is 78.0 Å². The van der Waals surface area contributed by atoms with Gasteiger partial charge in [0.05, 0.1) is 10.5 Å². The van der Waals surface area contributed by atoms with Gasteiger partial charge in [-0.25, -0.2) is 13.2 Å². The second-order valence-electron chi connectivity index (χ2n) is 9.88. The molecule has 9 nitrogen and oxygen atoms in total. The Hall–Kier alpha value is -3.97. The van der Waals surface area contributed by atoms with Crippen LogP contribution in [0.4, 0.5) is 23.7 Å². The summed E-state index contributed by atoms with van der Waals surface area (Å²) in [6.45, 7) is 3.68. The first-order valence-corrected chi connectivity index (χ1v) is 14.3. The SMILES string of the molecule is CC(C)c1ccc(CNC(=O)[C@H]2CN(C(=O)Nc3ccncc3)CCN2S(=O)(=O)c2ccc(C(F)(F)F)cc2)cc1. The van der Waals surface area contributed by atoms with E-state index in [1.165, 1.54) is 17.3 Å². The average Bonchev–Trinajstić information content (AvgIpc) is 2.96. The van der Waals surface area contributed by atoms with Crippen LogP contribution >= 0.6 is 0 Å². The Bertz CT molecular complexity index is 1470. The van der Waals surface area contributed by atoms with E-state index in [0.717, 1.165) is 27.6 Å². The normalized spacial score (nSPS) is 16.4. The van der Waals surface area contributed by atoms with Gasteiger partial charge in [-0.05, 0) is 53.4 Å². The highest BCUT2D eigenvalue weighted by Gasteiger charge is 2.41. The van der Waals surface area contributed by atoms with Gasteiger partial charge in [-0.15, -0.1) is 0 Å². The quantitative estimate of drug-likeness (QED) is 0.423. The third kappa shape index (κ3) is 7.22. The van der Waals surface area contributed by atoms with E-state index in [0.29, 0.717) is 23.7 Å². The largest absolute Gasteiger partial charge is 0.416 e. The van der Waals surface area contributed by atoms with Crippen LogP contribution < -0.4 is 10.6 Å². The maximum absolute atomic E-state index is 13.5. The molecule has 0 radical (unpaired) electrons. The van der Waals surface area contributed by atoms with Crippen LogP contribution in [-0.4, -0.2) is 60.2 Å². The third-order valence-electron chi connectivity index (χ3n) is 6.75. The molecule has 3 amide bonds. The molecule has 0 unspecified atom stereocenters. The molecule has 2 N–H and O–H groups in total. The zero-order valence-electron chi connectivity index (χ0n) is 22.4. The van der Waals surface area contributed by atoms with E-state index in [9.17, 15) is 31.2 Å². The maximum Gasteiger partial charge on any atom is 0.416 e. The van der Waals surface area contributed by atoms with Gasteiger partial charge in [-0.2, -0.15) is 17.5 Å². The van der Waals surface area contributed by atoms with Crippen molar-refractivity contribution in [2.75, 3.05) is 25.0 Å². The van der Waals surface area contributed by atoms with Crippen molar-refractivity contribution >= 4 is 27.6 Å². The summed E-state index contributed by atoms with van der Waals surface area (Å²) in [6.07, 6.45) is -1.64. The van der Waals surface area contributed by atoms with Gasteiger partial charge in [0.25, 0.3) is 0 Å². The molecule has 13 heteroatoms. The number of hydrogen-bond donors (Lipinski definition) is 2. The predicted octanol–water partition coefficient (Wildman–Crippen LogP) is 4.45. The lowest BCUT2D eigenvalue weighted by atomic mass is 10.0. The molecular weight excluding hydrogens is 559 g/mol. The predicted molar refractivity (Wildman–Crippen MR) is 146 cm³/mol. The van der Waals surface area contributed by atoms with Crippen molar-refractivity contribution in [2.45, 2.75) is 43.4 Å². The Labute approximate surface area is 236 Å². The van der Waals surface area contributed by atoms with Gasteiger partial charge in [-0.3, -0.25) is 9.78 Å². The Morgan fingerprint density at radius 2 is 1.61 bits per heavy atom. The Kier molecular flexibility index (Phi) is 8.98. The smallest absolute Gasteiger partial charge is 0.351 e. The monoisotopic (exact) mass is 589 g/mol. The van der Waals surface area contributed by atoms with Crippen LogP contribution in [0.25, 0.3) is 0 Å². The second-order valence-corrected chi connectivity index (χ2v) is 11.8. The number of rotatable bonds is 7. The molecule has 1 fully saturated rings. The first-order valence-electron chi connectivity index (χ1n) is 12.9. The third-order valence-corrected chi connectivity index (χ3v) is 8.68. The minimum Gasteiger partial charge on any atom is -0.351 e. The molecule has 1 aliphatic heterocycles. The molecule has 3 aromatic rings. The lowest BCUT2D eigenvalue weighted by molar-refractivity contribution is -0.137. The summed E-state index contributed by atoms with van der Waals surface area (Å²) in [5.74, 6) is -0.316. The van der Waals surface area contributed by atoms with E-state index in [-0.39, 0.29) is 31.1 Å². The number of carbonyl (C=O) groups excluding carboxylic acids is 2. The fourth-order valence-corrected chi connectivity index (χ4v) is 5.94. The number of alkyl halides is 3. The number of aromatic nitrogens is 1. The highest BCUT2D eigenvalue weighted by atomic mass is 32.2. The number of anilines is 1. The van der Waals surface area contributed by atoms with Gasteiger partial charge >= 0.3 is 12.2 Å². The van der Waals surface area contributed by atoms with E-state index < -0.39 is 39.7 Å². The average molecular weight is 590 g/mol. The molecule has 1 saturated heterocycles. The molecule has 0 saturated carbocycles. The fourth-order valence-electron chi connectivity index (χ4n) is 4.37. The summed E-state index contributed by atoms with van der Waals surface area (Å²) in [6, 6.07) is 12.0. The minimum atomic E-state index is -4.63. The van der Waals surface area contributed by atoms with Crippen LogP contribution in [0.3, 0.4) is 0 Å². The number of sulfonamides is 1. The number of benzene rings is 2. The highest BCUT2D eigenvalue weighted by Crippen LogP contribution is 2.31. The van der Waals surface area contributed by atoms with Gasteiger partial charge in [0.15, 0.2) is 0 Å². The summed E-state index contributed by atoms with van der Waals surface area (Å²) in [5, 5.41) is 5.44. The van der Waals surface area contributed by atoms with E-state index >= 15 is 0 Å². The van der Waals surface area contributed by atoms with Crippen molar-refractivity contribution in [3.8, 4) is 0 Å². The van der Waals surface area contributed by atoms with Gasteiger partial charge < -0.3 is 15.5 Å². The standard InChI is InChI=1S/C28H30F3N5O4S/c1-19(2)21-5-3-20(4-6-21)17-33-26(37)25-18-35(27(38)34-23-11-13-32-14-12-23)15-16-36(25)41(39,40)24-9-7-22(8-10-24)28(29,30)31/h3-14,19,25H,15-18H2,1-2H3,(H,33,37)(H,32,34,38)/t25-/m1/s1. The first kappa shape index (κ1) is 30.0. The van der Waals surface area contributed by atoms with E-state index in [4.69, 9.17) is 0 Å². The number of halogens is 3. The zero-order valence-corrected chi connectivity index (χ0v) is 23.2. The molecule has 2 heterocycles. The zero-order chi connectivity index (χ0) is 29.8. The number of nitrogens with zero attached hydrogens (tertiary/aromatic N) is 3. The van der Waals surface area contributed by atoms with Crippen molar-refractivity contribution in [2.24, 2.45) is 0 Å². The van der Waals surface area contributed by atoms with Gasteiger partial charge in [0.2, 0.25) is 15.9 Å². The molecule has 1 aromatic heterocycles. The fraction of sp³-hybridized carbons (Fsp3) is 0.321. The number of piperazine rings is 1. The van der Waals surface area contributed by atoms with Gasteiger partial charge in [-0.1, -0.05) is 38.1 Å². The second kappa shape index (κ2) is 12.3. The van der Waals surface area contributed by atoms with E-state index in [2.05, 4.69) is 29.5 Å². The van der Waals surface area contributed by atoms with Crippen molar-refractivity contribution in [1.29, 1.82) is 0 Å². The molecule has 2 aromatic carbocycles. The molecule has 218 valence electrons. The summed E-state index contributed by atoms with van der Waals surface area (Å²) in [5.41, 5.74) is 1.39. The van der Waals surface area contributed by atoms with Crippen molar-refractivity contribution in [3.05, 3.63) is 89.7 Å². The number of carbonyl (C=O) groups is 2. The van der Waals surface area contributed by atoms with Crippen LogP contribution in [0, 0.1) is 0 Å². The highest BCUT2D eigenvalue weighted by molar-refractivity contribution is 7.89. The van der Waals surface area contributed by atoms with Gasteiger partial charge in [0.1, 0.15) is 6.04 Å². The van der Waals surface area contributed by atoms with E-state index in [1.54, 1.807) is 12.1 Å². The van der Waals surface area contributed by atoms with Crippen molar-refractivity contribution in [1.82, 2.24) is 19.5 Å². The van der Waals surface area contributed by atoms with Crippen LogP contribution in [-0.2, 0) is 27.5 Å². The summed E-state index contributed by atoms with van der Waals surface area (Å²) < 4.78 is 67.1. The Balaban J connectivity index is 1.56. The molecule has 4 rings (SSSR count). The topological polar surface area (TPSA) is 112 Å². The lowest BCUT2D eigenvalue weighted by Gasteiger charge is -2.39. The summed E-state index contributed by atoms with van der Waals surface area (Å²) in [4.78, 5) is 31.2. The summed E-state index contributed by atoms with van der Waals surface area (Å²) >= 11 is 0. The number of pyridine rings is 1. The van der Waals surface area contributed by atoms with Gasteiger partial charge in [0, 0.05) is 44.3 Å². The Morgan fingerprint density at radius 3 is 2.20 bits per heavy atom. The molecule has 41 heavy (non-hydrogen) atoms. The van der Waals surface area contributed by atoms with Crippen LogP contribution in [0.5, 0.6) is 0 Å². The first-order chi connectivity index (χ1) is 19.4. The number of hydrogen-bond acceptors (Lipinski definition) is 5. The van der Waals surface area contributed by atoms with Crippen molar-refractivity contribution in [3.63, 3.8) is 0 Å². The van der Waals surface area contributed by atoms with Crippen LogP contribution in [0.1, 0.15) is 36.5 Å². The van der Waals surface area contributed by atoms with Crippen molar-refractivity contribution < 1.29 is 31.2 Å². The van der Waals surface area contributed by atoms with Crippen LogP contribution in [0.2, 0.25) is 0 Å². The lowest BCUT2D eigenvalue weighted by Crippen LogP contribution is -2.61. The molecule has 0 spiro atoms. The molecule has 0 bridgehead atoms. The molecule has 0 aliphatic carbocycles. The maximum atomic E-state index is 13.5. The molecular formula is C28H30F3N5O4S. The minimum absolute atomic E-state index is 0.0444. The molecule has 1 atom stereocenters. The Morgan fingerprint density at radius 1 is 0.976 bits per heavy atom. The number of amides is 3. The number of nitrogens with one attached hydrogen (secondary N) is 2. The number of urea groups is 1. The molecule has 1 aliphatic rings. The summed E-state index contributed by atoms with van der Waals surface area (Å²) in [7, 11) is -4.39. The van der Waals surface area contributed by atoms with E-state index in [1.807, 2.05) is 24.3 Å².